The quantitative estimate of drug-likeness (QED) is 0.494. The first-order valence-corrected chi connectivity index (χ1v) is 9.62. The fourth-order valence-corrected chi connectivity index (χ4v) is 2.85. The number of hydrogen-bond acceptors (Lipinski definition) is 4. The van der Waals surface area contributed by atoms with Gasteiger partial charge in [-0.1, -0.05) is 26.2 Å². The Labute approximate surface area is 155 Å². The Morgan fingerprint density at radius 3 is 2.65 bits per heavy atom. The fourth-order valence-electron chi connectivity index (χ4n) is 2.85. The third-order valence-corrected chi connectivity index (χ3v) is 4.42. The van der Waals surface area contributed by atoms with Gasteiger partial charge in [0.15, 0.2) is 0 Å². The van der Waals surface area contributed by atoms with E-state index in [0.717, 1.165) is 31.6 Å². The first-order valence-electron chi connectivity index (χ1n) is 9.62. The molecule has 26 heavy (non-hydrogen) atoms. The van der Waals surface area contributed by atoms with E-state index in [9.17, 15) is 9.59 Å². The number of hydrogen-bond donors (Lipinski definition) is 2. The molecule has 2 rings (SSSR count). The zero-order valence-corrected chi connectivity index (χ0v) is 15.6. The molecule has 0 aromatic heterocycles. The zero-order valence-electron chi connectivity index (χ0n) is 15.6. The molecule has 0 radical (unpaired) electrons. The van der Waals surface area contributed by atoms with Gasteiger partial charge in [-0.2, -0.15) is 0 Å². The van der Waals surface area contributed by atoms with Crippen LogP contribution < -0.4 is 15.6 Å². The van der Waals surface area contributed by atoms with Crippen molar-refractivity contribution in [1.29, 1.82) is 0 Å². The van der Waals surface area contributed by atoms with Gasteiger partial charge in [0.2, 0.25) is 5.91 Å². The lowest BCUT2D eigenvalue weighted by Gasteiger charge is -2.11. The van der Waals surface area contributed by atoms with E-state index >= 15 is 0 Å². The van der Waals surface area contributed by atoms with E-state index in [0.29, 0.717) is 25.0 Å². The molecule has 6 heteroatoms. The molecule has 1 aliphatic heterocycles. The van der Waals surface area contributed by atoms with Gasteiger partial charge in [0.05, 0.1) is 12.7 Å². The van der Waals surface area contributed by atoms with Gasteiger partial charge in [-0.3, -0.25) is 20.4 Å². The molecule has 0 spiro atoms. The van der Waals surface area contributed by atoms with Crippen LogP contribution in [0.5, 0.6) is 5.75 Å². The van der Waals surface area contributed by atoms with E-state index in [2.05, 4.69) is 17.8 Å². The molecule has 1 aromatic carbocycles. The second-order valence-corrected chi connectivity index (χ2v) is 6.61. The lowest BCUT2D eigenvalue weighted by atomic mass is 10.1. The molecule has 1 aromatic rings. The van der Waals surface area contributed by atoms with Crippen LogP contribution in [0.2, 0.25) is 0 Å². The van der Waals surface area contributed by atoms with Gasteiger partial charge in [0.1, 0.15) is 5.75 Å². The van der Waals surface area contributed by atoms with Gasteiger partial charge >= 0.3 is 0 Å². The summed E-state index contributed by atoms with van der Waals surface area (Å²) in [6.45, 7) is 3.64. The maximum absolute atomic E-state index is 12.1. The maximum Gasteiger partial charge on any atom is 0.269 e. The van der Waals surface area contributed by atoms with Crippen molar-refractivity contribution in [2.45, 2.75) is 64.4 Å². The van der Waals surface area contributed by atoms with Gasteiger partial charge in [-0.05, 0) is 49.9 Å². The SMILES string of the molecule is CCCCCCOc1ccc(C(=O)NNC(=O)CCC2CCCO2)cc1. The molecule has 1 unspecified atom stereocenters. The summed E-state index contributed by atoms with van der Waals surface area (Å²) in [5, 5.41) is 0. The molecule has 6 nitrogen and oxygen atoms in total. The van der Waals surface area contributed by atoms with Gasteiger partial charge in [-0.25, -0.2) is 0 Å². The number of unbranched alkanes of at least 4 members (excludes halogenated alkanes) is 3. The Morgan fingerprint density at radius 2 is 1.96 bits per heavy atom. The molecule has 1 saturated heterocycles. The Kier molecular flexibility index (Phi) is 8.96. The number of hydrazine groups is 1. The lowest BCUT2D eigenvalue weighted by molar-refractivity contribution is -0.122. The summed E-state index contributed by atoms with van der Waals surface area (Å²) in [5.74, 6) is 0.199. The van der Waals surface area contributed by atoms with Crippen LogP contribution in [0.25, 0.3) is 0 Å². The van der Waals surface area contributed by atoms with Crippen LogP contribution in [0.1, 0.15) is 68.6 Å². The van der Waals surface area contributed by atoms with E-state index in [1.54, 1.807) is 24.3 Å². The highest BCUT2D eigenvalue weighted by atomic mass is 16.5. The molecule has 144 valence electrons. The summed E-state index contributed by atoms with van der Waals surface area (Å²) in [5.41, 5.74) is 5.36. The van der Waals surface area contributed by atoms with E-state index in [1.807, 2.05) is 0 Å². The number of amides is 2. The summed E-state index contributed by atoms with van der Waals surface area (Å²) in [6, 6.07) is 6.92. The van der Waals surface area contributed by atoms with Crippen LogP contribution >= 0.6 is 0 Å². The van der Waals surface area contributed by atoms with Crippen molar-refractivity contribution in [1.82, 2.24) is 10.9 Å². The summed E-state index contributed by atoms with van der Waals surface area (Å²) < 4.78 is 11.1. The highest BCUT2D eigenvalue weighted by Gasteiger charge is 2.17. The number of benzene rings is 1. The number of ether oxygens (including phenoxy) is 2. The van der Waals surface area contributed by atoms with Gasteiger partial charge in [0, 0.05) is 18.6 Å². The molecular weight excluding hydrogens is 332 g/mol. The fraction of sp³-hybridized carbons (Fsp3) is 0.600. The number of nitrogens with one attached hydrogen (secondary N) is 2. The van der Waals surface area contributed by atoms with Gasteiger partial charge < -0.3 is 9.47 Å². The first-order chi connectivity index (χ1) is 12.7. The van der Waals surface area contributed by atoms with E-state index in [1.165, 1.54) is 19.3 Å². The highest BCUT2D eigenvalue weighted by molar-refractivity contribution is 5.95. The maximum atomic E-state index is 12.1. The first kappa shape index (κ1) is 20.2. The lowest BCUT2D eigenvalue weighted by Crippen LogP contribution is -2.41. The summed E-state index contributed by atoms with van der Waals surface area (Å²) >= 11 is 0. The van der Waals surface area contributed by atoms with Crippen molar-refractivity contribution in [2.75, 3.05) is 13.2 Å². The third kappa shape index (κ3) is 7.44. The molecule has 1 aliphatic rings. The topological polar surface area (TPSA) is 76.7 Å². The normalized spacial score (nSPS) is 16.3. The minimum absolute atomic E-state index is 0.172. The molecule has 0 bridgehead atoms. The van der Waals surface area contributed by atoms with E-state index < -0.39 is 0 Å². The van der Waals surface area contributed by atoms with Crippen molar-refractivity contribution in [2.24, 2.45) is 0 Å². The number of rotatable bonds is 10. The monoisotopic (exact) mass is 362 g/mol. The van der Waals surface area contributed by atoms with Crippen molar-refractivity contribution < 1.29 is 19.1 Å². The van der Waals surface area contributed by atoms with Gasteiger partial charge in [-0.15, -0.1) is 0 Å². The Morgan fingerprint density at radius 1 is 1.15 bits per heavy atom. The van der Waals surface area contributed by atoms with Crippen LogP contribution in [0.15, 0.2) is 24.3 Å². The molecule has 2 amide bonds. The molecule has 1 fully saturated rings. The molecule has 0 aliphatic carbocycles. The zero-order chi connectivity index (χ0) is 18.6. The second kappa shape index (κ2) is 11.5. The summed E-state index contributed by atoms with van der Waals surface area (Å²) in [4.78, 5) is 23.8. The average molecular weight is 362 g/mol. The molecule has 0 saturated carbocycles. The van der Waals surface area contributed by atoms with E-state index in [4.69, 9.17) is 9.47 Å². The predicted molar refractivity (Wildman–Crippen MR) is 99.9 cm³/mol. The Bertz CT molecular complexity index is 553. The Balaban J connectivity index is 1.64. The van der Waals surface area contributed by atoms with Crippen molar-refractivity contribution in [3.63, 3.8) is 0 Å². The minimum Gasteiger partial charge on any atom is -0.494 e. The largest absolute Gasteiger partial charge is 0.494 e. The molecule has 1 atom stereocenters. The van der Waals surface area contributed by atoms with Gasteiger partial charge in [0.25, 0.3) is 5.91 Å². The third-order valence-electron chi connectivity index (χ3n) is 4.42. The molecule has 1 heterocycles. The standard InChI is InChI=1S/C20H30N2O4/c1-2-3-4-5-14-25-18-10-8-16(9-11-18)20(24)22-21-19(23)13-12-17-7-6-15-26-17/h8-11,17H,2-7,12-15H2,1H3,(H,21,23)(H,22,24). The smallest absolute Gasteiger partial charge is 0.269 e. The predicted octanol–water partition coefficient (Wildman–Crippen LogP) is 3.37. The van der Waals surface area contributed by atoms with Crippen molar-refractivity contribution >= 4 is 11.8 Å². The van der Waals surface area contributed by atoms with Crippen molar-refractivity contribution in [3.8, 4) is 5.75 Å². The second-order valence-electron chi connectivity index (χ2n) is 6.61. The number of carbonyl (C=O) groups is 2. The van der Waals surface area contributed by atoms with Crippen molar-refractivity contribution in [3.05, 3.63) is 29.8 Å². The van der Waals surface area contributed by atoms with Crippen LogP contribution in [-0.4, -0.2) is 31.1 Å². The van der Waals surface area contributed by atoms with Crippen LogP contribution in [-0.2, 0) is 9.53 Å². The minimum atomic E-state index is -0.343. The van der Waals surface area contributed by atoms with Crippen LogP contribution in [0.4, 0.5) is 0 Å². The van der Waals surface area contributed by atoms with Crippen LogP contribution in [0.3, 0.4) is 0 Å². The summed E-state index contributed by atoms with van der Waals surface area (Å²) in [6.07, 6.45) is 7.90. The number of carbonyl (C=O) groups excluding carboxylic acids is 2. The van der Waals surface area contributed by atoms with E-state index in [-0.39, 0.29) is 17.9 Å². The average Bonchev–Trinajstić information content (AvgIpc) is 3.18. The van der Waals surface area contributed by atoms with Crippen LogP contribution in [0, 0.1) is 0 Å². The summed E-state index contributed by atoms with van der Waals surface area (Å²) in [7, 11) is 0. The Hall–Kier alpha value is -2.08. The molecule has 2 N–H and O–H groups in total. The highest BCUT2D eigenvalue weighted by Crippen LogP contribution is 2.16. The molecular formula is C20H30N2O4.